The van der Waals surface area contributed by atoms with E-state index in [0.29, 0.717) is 30.6 Å². The molecule has 3 rings (SSSR count). The molecular weight excluding hydrogens is 440 g/mol. The lowest BCUT2D eigenvalue weighted by atomic mass is 9.94. The van der Waals surface area contributed by atoms with E-state index < -0.39 is 28.0 Å². The van der Waals surface area contributed by atoms with Crippen LogP contribution in [0.15, 0.2) is 53.4 Å². The number of nitrogens with zero attached hydrogens (tertiary/aromatic N) is 1. The quantitative estimate of drug-likeness (QED) is 0.613. The summed E-state index contributed by atoms with van der Waals surface area (Å²) in [5, 5.41) is 2.72. The first-order valence-corrected chi connectivity index (χ1v) is 12.7. The van der Waals surface area contributed by atoms with Gasteiger partial charge in [0.05, 0.1) is 10.5 Å². The smallest absolute Gasteiger partial charge is 0.338 e. The zero-order valence-electron chi connectivity index (χ0n) is 19.6. The molecule has 1 saturated heterocycles. The maximum absolute atomic E-state index is 13.0. The third-order valence-electron chi connectivity index (χ3n) is 5.85. The molecule has 0 unspecified atom stereocenters. The molecule has 0 aliphatic carbocycles. The largest absolute Gasteiger partial charge is 0.449 e. The predicted molar refractivity (Wildman–Crippen MR) is 127 cm³/mol. The minimum absolute atomic E-state index is 0.140. The number of carbonyl (C=O) groups excluding carboxylic acids is 2. The molecule has 1 aliphatic heterocycles. The molecule has 178 valence electrons. The summed E-state index contributed by atoms with van der Waals surface area (Å²) in [7, 11) is -3.63. The van der Waals surface area contributed by atoms with Crippen molar-refractivity contribution in [2.24, 2.45) is 11.8 Å². The number of benzene rings is 2. The zero-order chi connectivity index (χ0) is 24.2. The molecule has 7 nitrogen and oxygen atoms in total. The van der Waals surface area contributed by atoms with E-state index in [0.717, 1.165) is 18.4 Å². The first-order chi connectivity index (χ1) is 15.6. The summed E-state index contributed by atoms with van der Waals surface area (Å²) in [4.78, 5) is 25.0. The van der Waals surface area contributed by atoms with Gasteiger partial charge in [0, 0.05) is 18.8 Å². The Bertz CT molecular complexity index is 1070. The molecule has 0 spiro atoms. The maximum atomic E-state index is 13.0. The van der Waals surface area contributed by atoms with E-state index in [4.69, 9.17) is 4.74 Å². The summed E-state index contributed by atoms with van der Waals surface area (Å²) in [5.41, 5.74) is 1.96. The highest BCUT2D eigenvalue weighted by Gasteiger charge is 2.31. The molecule has 1 aliphatic rings. The molecule has 2 aromatic rings. The monoisotopic (exact) mass is 472 g/mol. The van der Waals surface area contributed by atoms with Gasteiger partial charge in [-0.2, -0.15) is 4.31 Å². The minimum Gasteiger partial charge on any atom is -0.449 e. The number of hydrogen-bond acceptors (Lipinski definition) is 5. The van der Waals surface area contributed by atoms with Crippen molar-refractivity contribution in [3.63, 3.8) is 0 Å². The van der Waals surface area contributed by atoms with Crippen LogP contribution in [0.25, 0.3) is 0 Å². The Morgan fingerprint density at radius 1 is 1.03 bits per heavy atom. The van der Waals surface area contributed by atoms with Crippen molar-refractivity contribution in [3.8, 4) is 0 Å². The van der Waals surface area contributed by atoms with E-state index in [1.165, 1.54) is 35.5 Å². The fraction of sp³-hybridized carbons (Fsp3) is 0.440. The summed E-state index contributed by atoms with van der Waals surface area (Å²) in [6, 6.07) is 13.1. The summed E-state index contributed by atoms with van der Waals surface area (Å²) >= 11 is 0. The molecular formula is C25H32N2O5S. The van der Waals surface area contributed by atoms with Crippen LogP contribution in [-0.2, 0) is 26.0 Å². The molecule has 2 aromatic carbocycles. The van der Waals surface area contributed by atoms with Crippen molar-refractivity contribution in [3.05, 3.63) is 59.7 Å². The third-order valence-corrected chi connectivity index (χ3v) is 7.69. The number of esters is 1. The molecule has 0 bridgehead atoms. The number of carbonyl (C=O) groups is 2. The van der Waals surface area contributed by atoms with E-state index in [2.05, 4.69) is 19.2 Å². The fourth-order valence-corrected chi connectivity index (χ4v) is 5.74. The molecule has 8 heteroatoms. The Hall–Kier alpha value is -2.71. The van der Waals surface area contributed by atoms with Gasteiger partial charge >= 0.3 is 5.97 Å². The van der Waals surface area contributed by atoms with E-state index in [-0.39, 0.29) is 10.5 Å². The molecule has 0 radical (unpaired) electrons. The van der Waals surface area contributed by atoms with Crippen molar-refractivity contribution < 1.29 is 22.7 Å². The average Bonchev–Trinajstić information content (AvgIpc) is 2.79. The molecule has 3 atom stereocenters. The van der Waals surface area contributed by atoms with Gasteiger partial charge in [0.25, 0.3) is 5.91 Å². The summed E-state index contributed by atoms with van der Waals surface area (Å²) in [6.07, 6.45) is 0.897. The van der Waals surface area contributed by atoms with Gasteiger partial charge in [0.2, 0.25) is 10.0 Å². The Kier molecular flexibility index (Phi) is 7.92. The van der Waals surface area contributed by atoms with Gasteiger partial charge in [0.15, 0.2) is 6.10 Å². The van der Waals surface area contributed by atoms with Crippen molar-refractivity contribution in [1.29, 1.82) is 0 Å². The number of sulfonamides is 1. The molecule has 0 aromatic heterocycles. The topological polar surface area (TPSA) is 92.8 Å². The predicted octanol–water partition coefficient (Wildman–Crippen LogP) is 4.10. The lowest BCUT2D eigenvalue weighted by Gasteiger charge is -2.34. The van der Waals surface area contributed by atoms with Gasteiger partial charge in [-0.1, -0.05) is 32.9 Å². The number of nitrogens with one attached hydrogen (secondary N) is 1. The summed E-state index contributed by atoms with van der Waals surface area (Å²) in [6.45, 7) is 8.62. The van der Waals surface area contributed by atoms with E-state index in [1.807, 2.05) is 19.1 Å². The SMILES string of the molecule is CCc1ccc(NC(=O)[C@H](C)OC(=O)c2ccc(S(=O)(=O)N3C[C@H](C)C[C@H](C)C3)cc2)cc1. The number of anilines is 1. The maximum Gasteiger partial charge on any atom is 0.338 e. The van der Waals surface area contributed by atoms with E-state index in [9.17, 15) is 18.0 Å². The van der Waals surface area contributed by atoms with Crippen molar-refractivity contribution in [2.75, 3.05) is 18.4 Å². The van der Waals surface area contributed by atoms with Gasteiger partial charge < -0.3 is 10.1 Å². The average molecular weight is 473 g/mol. The van der Waals surface area contributed by atoms with Crippen molar-refractivity contribution in [2.45, 2.75) is 51.5 Å². The molecule has 1 fully saturated rings. The zero-order valence-corrected chi connectivity index (χ0v) is 20.4. The summed E-state index contributed by atoms with van der Waals surface area (Å²) in [5.74, 6) is -0.534. The molecule has 0 saturated carbocycles. The highest BCUT2D eigenvalue weighted by atomic mass is 32.2. The van der Waals surface area contributed by atoms with Crippen molar-refractivity contribution in [1.82, 2.24) is 4.31 Å². The van der Waals surface area contributed by atoms with Crippen LogP contribution in [0.3, 0.4) is 0 Å². The number of rotatable bonds is 7. The van der Waals surface area contributed by atoms with E-state index >= 15 is 0 Å². The standard InChI is InChI=1S/C25H32N2O5S/c1-5-20-6-10-22(11-7-20)26-24(28)19(4)32-25(29)21-8-12-23(13-9-21)33(30,31)27-15-17(2)14-18(3)16-27/h6-13,17-19H,5,14-16H2,1-4H3,(H,26,28)/t17-,18+,19-/m0/s1. The lowest BCUT2D eigenvalue weighted by Crippen LogP contribution is -2.42. The van der Waals surface area contributed by atoms with Gasteiger partial charge in [0.1, 0.15) is 0 Å². The van der Waals surface area contributed by atoms with E-state index in [1.54, 1.807) is 12.1 Å². The Labute approximate surface area is 196 Å². The van der Waals surface area contributed by atoms with Crippen LogP contribution >= 0.6 is 0 Å². The van der Waals surface area contributed by atoms with Crippen LogP contribution in [0.4, 0.5) is 5.69 Å². The second-order valence-electron chi connectivity index (χ2n) is 8.88. The van der Waals surface area contributed by atoms with Crippen LogP contribution < -0.4 is 5.32 Å². The Balaban J connectivity index is 1.61. The lowest BCUT2D eigenvalue weighted by molar-refractivity contribution is -0.123. The highest BCUT2D eigenvalue weighted by Crippen LogP contribution is 2.27. The van der Waals surface area contributed by atoms with Gasteiger partial charge in [-0.25, -0.2) is 13.2 Å². The second-order valence-corrected chi connectivity index (χ2v) is 10.8. The number of piperidine rings is 1. The van der Waals surface area contributed by atoms with Gasteiger partial charge in [-0.3, -0.25) is 4.79 Å². The van der Waals surface area contributed by atoms with Crippen molar-refractivity contribution >= 4 is 27.6 Å². The Morgan fingerprint density at radius 3 is 2.15 bits per heavy atom. The normalized spacial score (nSPS) is 20.1. The number of hydrogen-bond donors (Lipinski definition) is 1. The second kappa shape index (κ2) is 10.5. The first-order valence-electron chi connectivity index (χ1n) is 11.3. The molecule has 1 N–H and O–H groups in total. The van der Waals surface area contributed by atoms with Crippen LogP contribution in [-0.4, -0.2) is 43.8 Å². The first kappa shape index (κ1) is 24.9. The Morgan fingerprint density at radius 2 is 1.61 bits per heavy atom. The summed E-state index contributed by atoms with van der Waals surface area (Å²) < 4.78 is 32.8. The minimum atomic E-state index is -3.63. The highest BCUT2D eigenvalue weighted by molar-refractivity contribution is 7.89. The molecule has 33 heavy (non-hydrogen) atoms. The van der Waals surface area contributed by atoms with Gasteiger partial charge in [-0.05, 0) is 73.6 Å². The molecule has 1 heterocycles. The van der Waals surface area contributed by atoms with Gasteiger partial charge in [-0.15, -0.1) is 0 Å². The fourth-order valence-electron chi connectivity index (χ4n) is 4.06. The van der Waals surface area contributed by atoms with Crippen LogP contribution in [0.1, 0.15) is 50.0 Å². The number of amides is 1. The molecule has 1 amide bonds. The van der Waals surface area contributed by atoms with Crippen LogP contribution in [0.2, 0.25) is 0 Å². The van der Waals surface area contributed by atoms with Crippen LogP contribution in [0, 0.1) is 11.8 Å². The number of aryl methyl sites for hydroxylation is 1. The van der Waals surface area contributed by atoms with Crippen LogP contribution in [0.5, 0.6) is 0 Å². The number of ether oxygens (including phenoxy) is 1. The third kappa shape index (κ3) is 6.21.